The first kappa shape index (κ1) is 23.3. The number of halogens is 1. The van der Waals surface area contributed by atoms with E-state index >= 15 is 0 Å². The predicted octanol–water partition coefficient (Wildman–Crippen LogP) is 2.65. The minimum Gasteiger partial charge on any atom is -0.377 e. The van der Waals surface area contributed by atoms with Crippen molar-refractivity contribution in [2.45, 2.75) is 49.1 Å². The van der Waals surface area contributed by atoms with Crippen molar-refractivity contribution in [3.05, 3.63) is 22.7 Å². The van der Waals surface area contributed by atoms with Crippen molar-refractivity contribution >= 4 is 33.2 Å². The van der Waals surface area contributed by atoms with Crippen LogP contribution < -0.4 is 10.2 Å². The van der Waals surface area contributed by atoms with Crippen molar-refractivity contribution in [1.82, 2.24) is 14.5 Å². The molecule has 1 N–H and O–H groups in total. The number of carbonyl (C=O) groups is 1. The minimum atomic E-state index is -3.77. The van der Waals surface area contributed by atoms with Crippen molar-refractivity contribution in [2.24, 2.45) is 5.92 Å². The molecular weight excluding hydrogens is 424 g/mol. The summed E-state index contributed by atoms with van der Waals surface area (Å²) in [5.41, 5.74) is 0.930. The number of hydrogen-bond acceptors (Lipinski definition) is 5. The summed E-state index contributed by atoms with van der Waals surface area (Å²) in [6, 6.07) is 3.57. The molecule has 30 heavy (non-hydrogen) atoms. The number of piperidine rings is 1. The molecule has 1 saturated heterocycles. The molecule has 7 nitrogen and oxygen atoms in total. The summed E-state index contributed by atoms with van der Waals surface area (Å²) < 4.78 is 26.5. The Kier molecular flexibility index (Phi) is 7.01. The number of likely N-dealkylation sites (tertiary alicyclic amines) is 1. The third-order valence-electron chi connectivity index (χ3n) is 6.51. The fraction of sp³-hybridized carbons (Fsp3) is 0.667. The SMILES string of the molecule is CN(C)c1cc(Cl)c(S(=O)(=O)N(C)C)cc1C(=O)NC1CCN(C)C2CCCCC12. The number of hydrogen-bond donors (Lipinski definition) is 1. The van der Waals surface area contributed by atoms with E-state index in [1.165, 1.54) is 39.4 Å². The molecule has 1 heterocycles. The molecule has 2 aliphatic rings. The Morgan fingerprint density at radius 2 is 1.80 bits per heavy atom. The van der Waals surface area contributed by atoms with E-state index in [4.69, 9.17) is 11.6 Å². The fourth-order valence-electron chi connectivity index (χ4n) is 4.79. The number of nitrogens with zero attached hydrogens (tertiary/aromatic N) is 3. The highest BCUT2D eigenvalue weighted by atomic mass is 35.5. The number of nitrogens with one attached hydrogen (secondary N) is 1. The van der Waals surface area contributed by atoms with E-state index in [9.17, 15) is 13.2 Å². The molecule has 0 radical (unpaired) electrons. The normalized spacial score (nSPS) is 25.1. The number of carbonyl (C=O) groups excluding carboxylic acids is 1. The van der Waals surface area contributed by atoms with Gasteiger partial charge in [0.15, 0.2) is 0 Å². The van der Waals surface area contributed by atoms with E-state index in [-0.39, 0.29) is 21.9 Å². The maximum Gasteiger partial charge on any atom is 0.253 e. The van der Waals surface area contributed by atoms with Gasteiger partial charge in [0, 0.05) is 46.8 Å². The van der Waals surface area contributed by atoms with E-state index in [0.29, 0.717) is 23.2 Å². The molecule has 1 saturated carbocycles. The van der Waals surface area contributed by atoms with Gasteiger partial charge in [-0.2, -0.15) is 0 Å². The molecule has 1 aromatic carbocycles. The van der Waals surface area contributed by atoms with Gasteiger partial charge < -0.3 is 15.1 Å². The minimum absolute atomic E-state index is 0.0520. The fourth-order valence-corrected chi connectivity index (χ4v) is 6.21. The van der Waals surface area contributed by atoms with E-state index in [1.807, 2.05) is 14.1 Å². The second-order valence-corrected chi connectivity index (χ2v) is 11.4. The number of rotatable bonds is 5. The summed E-state index contributed by atoms with van der Waals surface area (Å²) in [4.78, 5) is 17.5. The number of benzene rings is 1. The van der Waals surface area contributed by atoms with Crippen molar-refractivity contribution < 1.29 is 13.2 Å². The van der Waals surface area contributed by atoms with E-state index in [2.05, 4.69) is 17.3 Å². The average Bonchev–Trinajstić information content (AvgIpc) is 2.69. The molecule has 1 amide bonds. The Morgan fingerprint density at radius 3 is 2.43 bits per heavy atom. The van der Waals surface area contributed by atoms with Crippen molar-refractivity contribution in [3.63, 3.8) is 0 Å². The van der Waals surface area contributed by atoms with Crippen LogP contribution in [0.2, 0.25) is 5.02 Å². The molecule has 168 valence electrons. The molecule has 0 spiro atoms. The number of amides is 1. The molecule has 0 aromatic heterocycles. The van der Waals surface area contributed by atoms with Crippen molar-refractivity contribution in [1.29, 1.82) is 0 Å². The van der Waals surface area contributed by atoms with Crippen molar-refractivity contribution in [2.75, 3.05) is 46.7 Å². The highest BCUT2D eigenvalue weighted by molar-refractivity contribution is 7.89. The molecule has 1 aliphatic heterocycles. The maximum absolute atomic E-state index is 13.4. The van der Waals surface area contributed by atoms with Gasteiger partial charge in [-0.25, -0.2) is 12.7 Å². The summed E-state index contributed by atoms with van der Waals surface area (Å²) >= 11 is 6.31. The summed E-state index contributed by atoms with van der Waals surface area (Å²) in [5, 5.41) is 3.34. The Balaban J connectivity index is 1.94. The molecule has 9 heteroatoms. The molecule has 3 atom stereocenters. The lowest BCUT2D eigenvalue weighted by Gasteiger charge is -2.47. The summed E-state index contributed by atoms with van der Waals surface area (Å²) in [6.45, 7) is 0.952. The predicted molar refractivity (Wildman–Crippen MR) is 121 cm³/mol. The number of sulfonamides is 1. The van der Waals surface area contributed by atoms with Crippen LogP contribution in [0.25, 0.3) is 0 Å². The van der Waals surface area contributed by atoms with E-state index in [0.717, 1.165) is 23.7 Å². The quantitative estimate of drug-likeness (QED) is 0.737. The highest BCUT2D eigenvalue weighted by Gasteiger charge is 2.39. The molecular formula is C21H33ClN4O3S. The van der Waals surface area contributed by atoms with Gasteiger partial charge in [-0.1, -0.05) is 24.4 Å². The Labute approximate surface area is 185 Å². The van der Waals surface area contributed by atoms with Gasteiger partial charge in [-0.05, 0) is 44.4 Å². The lowest BCUT2D eigenvalue weighted by atomic mass is 9.75. The van der Waals surface area contributed by atoms with Gasteiger partial charge in [-0.15, -0.1) is 0 Å². The van der Waals surface area contributed by atoms with Crippen LogP contribution in [0.1, 0.15) is 42.5 Å². The largest absolute Gasteiger partial charge is 0.377 e. The molecule has 2 fully saturated rings. The van der Waals surface area contributed by atoms with Crippen LogP contribution in [0.15, 0.2) is 17.0 Å². The van der Waals surface area contributed by atoms with Crippen LogP contribution in [0.3, 0.4) is 0 Å². The molecule has 3 rings (SSSR count). The van der Waals surface area contributed by atoms with Gasteiger partial charge in [0.05, 0.1) is 16.3 Å². The van der Waals surface area contributed by atoms with Crippen LogP contribution in [-0.2, 0) is 10.0 Å². The summed E-state index contributed by atoms with van der Waals surface area (Å²) in [7, 11) is 4.93. The monoisotopic (exact) mass is 456 g/mol. The maximum atomic E-state index is 13.4. The van der Waals surface area contributed by atoms with Crippen LogP contribution in [0.5, 0.6) is 0 Å². The van der Waals surface area contributed by atoms with Crippen molar-refractivity contribution in [3.8, 4) is 0 Å². The summed E-state index contributed by atoms with van der Waals surface area (Å²) in [6.07, 6.45) is 5.61. The smallest absolute Gasteiger partial charge is 0.253 e. The standard InChI is InChI=1S/C21H33ClN4O3S/c1-24(2)19-13-16(22)20(30(28,29)25(3)4)12-15(19)21(27)23-17-10-11-26(5)18-9-7-6-8-14(17)18/h12-14,17-18H,6-11H2,1-5H3,(H,23,27). The van der Waals surface area contributed by atoms with Gasteiger partial charge in [0.1, 0.15) is 4.90 Å². The number of anilines is 1. The van der Waals surface area contributed by atoms with Gasteiger partial charge in [0.2, 0.25) is 10.0 Å². The van der Waals surface area contributed by atoms with Gasteiger partial charge in [-0.3, -0.25) is 4.79 Å². The van der Waals surface area contributed by atoms with Gasteiger partial charge >= 0.3 is 0 Å². The number of fused-ring (bicyclic) bond motifs is 1. The first-order chi connectivity index (χ1) is 14.0. The first-order valence-electron chi connectivity index (χ1n) is 10.5. The van der Waals surface area contributed by atoms with Crippen LogP contribution in [0.4, 0.5) is 5.69 Å². The zero-order valence-corrected chi connectivity index (χ0v) is 20.1. The van der Waals surface area contributed by atoms with E-state index in [1.54, 1.807) is 11.0 Å². The first-order valence-corrected chi connectivity index (χ1v) is 12.3. The lowest BCUT2D eigenvalue weighted by Crippen LogP contribution is -2.56. The average molecular weight is 457 g/mol. The Hall–Kier alpha value is -1.35. The molecule has 0 bridgehead atoms. The molecule has 3 unspecified atom stereocenters. The topological polar surface area (TPSA) is 73.0 Å². The Morgan fingerprint density at radius 1 is 1.13 bits per heavy atom. The lowest BCUT2D eigenvalue weighted by molar-refractivity contribution is 0.0506. The second kappa shape index (κ2) is 9.02. The molecule has 1 aromatic rings. The third kappa shape index (κ3) is 4.47. The Bertz CT molecular complexity index is 904. The zero-order valence-electron chi connectivity index (χ0n) is 18.5. The third-order valence-corrected chi connectivity index (χ3v) is 8.79. The second-order valence-electron chi connectivity index (χ2n) is 8.85. The molecule has 1 aliphatic carbocycles. The van der Waals surface area contributed by atoms with Crippen LogP contribution in [0, 0.1) is 5.92 Å². The zero-order chi connectivity index (χ0) is 22.2. The highest BCUT2D eigenvalue weighted by Crippen LogP contribution is 2.36. The summed E-state index contributed by atoms with van der Waals surface area (Å²) in [5.74, 6) is 0.186. The van der Waals surface area contributed by atoms with Crippen LogP contribution in [-0.4, -0.2) is 77.4 Å². The van der Waals surface area contributed by atoms with E-state index < -0.39 is 10.0 Å². The van der Waals surface area contributed by atoms with Crippen LogP contribution >= 0.6 is 11.6 Å². The van der Waals surface area contributed by atoms with Gasteiger partial charge in [0.25, 0.3) is 5.91 Å².